The van der Waals surface area contributed by atoms with Crippen molar-refractivity contribution in [1.29, 1.82) is 0 Å². The molecule has 1 fully saturated rings. The van der Waals surface area contributed by atoms with Crippen LogP contribution in [0.25, 0.3) is 10.9 Å². The maximum absolute atomic E-state index is 12.8. The summed E-state index contributed by atoms with van der Waals surface area (Å²) in [5, 5.41) is 1.28. The Hall–Kier alpha value is -1.85. The van der Waals surface area contributed by atoms with Gasteiger partial charge in [0, 0.05) is 62.9 Å². The molecule has 1 saturated heterocycles. The van der Waals surface area contributed by atoms with Gasteiger partial charge in [-0.05, 0) is 31.5 Å². The first-order valence-electron chi connectivity index (χ1n) is 9.39. The molecule has 134 valence electrons. The Morgan fingerprint density at radius 3 is 2.64 bits per heavy atom. The quantitative estimate of drug-likeness (QED) is 0.857. The number of nitrogens with zero attached hydrogens (tertiary/aromatic N) is 4. The number of hydrogen-bond donors (Lipinski definition) is 0. The minimum atomic E-state index is 0.294. The largest absolute Gasteiger partial charge is 0.341 e. The summed E-state index contributed by atoms with van der Waals surface area (Å²) < 4.78 is 2.36. The number of benzene rings is 1. The standard InChI is InChI=1S/C20H28N4O/c1-16(22-9-7-21(2)8-10-22)13-20(25)23-11-12-24-18(15-23)14-17-5-3-4-6-19(17)24/h3-6,14,16H,7-13,15H2,1-2H3. The van der Waals surface area contributed by atoms with E-state index in [9.17, 15) is 4.79 Å². The average molecular weight is 340 g/mol. The first-order valence-corrected chi connectivity index (χ1v) is 9.39. The minimum Gasteiger partial charge on any atom is -0.341 e. The van der Waals surface area contributed by atoms with Crippen LogP contribution < -0.4 is 0 Å². The molecule has 4 rings (SSSR count). The fraction of sp³-hybridized carbons (Fsp3) is 0.550. The highest BCUT2D eigenvalue weighted by atomic mass is 16.2. The fourth-order valence-corrected chi connectivity index (χ4v) is 4.14. The van der Waals surface area contributed by atoms with Crippen LogP contribution in [-0.4, -0.2) is 71.0 Å². The maximum Gasteiger partial charge on any atom is 0.224 e. The number of aromatic nitrogens is 1. The summed E-state index contributed by atoms with van der Waals surface area (Å²) in [5.74, 6) is 0.294. The van der Waals surface area contributed by atoms with E-state index >= 15 is 0 Å². The number of piperazine rings is 1. The summed E-state index contributed by atoms with van der Waals surface area (Å²) in [4.78, 5) is 19.7. The smallest absolute Gasteiger partial charge is 0.224 e. The molecular weight excluding hydrogens is 312 g/mol. The van der Waals surface area contributed by atoms with Crippen LogP contribution in [0.4, 0.5) is 0 Å². The normalized spacial score (nSPS) is 20.6. The molecule has 1 unspecified atom stereocenters. The lowest BCUT2D eigenvalue weighted by Crippen LogP contribution is -2.49. The first kappa shape index (κ1) is 16.6. The van der Waals surface area contributed by atoms with Gasteiger partial charge in [0.2, 0.25) is 5.91 Å². The van der Waals surface area contributed by atoms with Gasteiger partial charge >= 0.3 is 0 Å². The number of hydrogen-bond acceptors (Lipinski definition) is 3. The molecular formula is C20H28N4O. The number of rotatable bonds is 3. The summed E-state index contributed by atoms with van der Waals surface area (Å²) in [6, 6.07) is 11.1. The number of para-hydroxylation sites is 1. The summed E-state index contributed by atoms with van der Waals surface area (Å²) >= 11 is 0. The topological polar surface area (TPSA) is 31.7 Å². The van der Waals surface area contributed by atoms with Crippen molar-refractivity contribution in [2.24, 2.45) is 0 Å². The Labute approximate surface area is 149 Å². The van der Waals surface area contributed by atoms with Crippen LogP contribution in [-0.2, 0) is 17.9 Å². The van der Waals surface area contributed by atoms with Gasteiger partial charge in [-0.2, -0.15) is 0 Å². The molecule has 1 aromatic carbocycles. The Morgan fingerprint density at radius 2 is 1.84 bits per heavy atom. The predicted molar refractivity (Wildman–Crippen MR) is 101 cm³/mol. The van der Waals surface area contributed by atoms with E-state index in [0.717, 1.165) is 45.8 Å². The zero-order chi connectivity index (χ0) is 17.4. The highest BCUT2D eigenvalue weighted by Crippen LogP contribution is 2.24. The Balaban J connectivity index is 1.40. The molecule has 5 heteroatoms. The molecule has 1 aromatic heterocycles. The number of likely N-dealkylation sites (N-methyl/N-ethyl adjacent to an activating group) is 1. The second kappa shape index (κ2) is 6.81. The summed E-state index contributed by atoms with van der Waals surface area (Å²) in [6.45, 7) is 8.99. The molecule has 1 atom stereocenters. The predicted octanol–water partition coefficient (Wildman–Crippen LogP) is 2.01. The SMILES string of the molecule is CC(CC(=O)N1CCn2c(cc3ccccc32)C1)N1CCN(C)CC1. The molecule has 0 saturated carbocycles. The van der Waals surface area contributed by atoms with E-state index in [0.29, 0.717) is 18.4 Å². The molecule has 2 aromatic rings. The highest BCUT2D eigenvalue weighted by Gasteiger charge is 2.26. The average Bonchev–Trinajstić information content (AvgIpc) is 3.00. The third kappa shape index (κ3) is 3.31. The lowest BCUT2D eigenvalue weighted by Gasteiger charge is -2.37. The number of amides is 1. The summed E-state index contributed by atoms with van der Waals surface area (Å²) in [5.41, 5.74) is 2.54. The number of fused-ring (bicyclic) bond motifs is 3. The lowest BCUT2D eigenvalue weighted by molar-refractivity contribution is -0.134. The Bertz CT molecular complexity index is 760. The third-order valence-electron chi connectivity index (χ3n) is 5.83. The highest BCUT2D eigenvalue weighted by molar-refractivity contribution is 5.82. The zero-order valence-corrected chi connectivity index (χ0v) is 15.3. The molecule has 0 spiro atoms. The van der Waals surface area contributed by atoms with Crippen molar-refractivity contribution in [2.45, 2.75) is 32.5 Å². The van der Waals surface area contributed by atoms with Gasteiger partial charge in [0.25, 0.3) is 0 Å². The lowest BCUT2D eigenvalue weighted by atomic mass is 10.1. The molecule has 0 N–H and O–H groups in total. The zero-order valence-electron chi connectivity index (χ0n) is 15.3. The Morgan fingerprint density at radius 1 is 1.08 bits per heavy atom. The third-order valence-corrected chi connectivity index (χ3v) is 5.83. The van der Waals surface area contributed by atoms with Crippen LogP contribution in [0.1, 0.15) is 19.0 Å². The molecule has 5 nitrogen and oxygen atoms in total. The number of carbonyl (C=O) groups is 1. The van der Waals surface area contributed by atoms with Crippen LogP contribution in [0.15, 0.2) is 30.3 Å². The van der Waals surface area contributed by atoms with Crippen molar-refractivity contribution in [3.05, 3.63) is 36.0 Å². The molecule has 0 aliphatic carbocycles. The molecule has 2 aliphatic rings. The van der Waals surface area contributed by atoms with Crippen molar-refractivity contribution in [3.63, 3.8) is 0 Å². The van der Waals surface area contributed by atoms with Gasteiger partial charge in [-0.15, -0.1) is 0 Å². The van der Waals surface area contributed by atoms with Gasteiger partial charge in [-0.1, -0.05) is 18.2 Å². The van der Waals surface area contributed by atoms with Gasteiger partial charge in [0.15, 0.2) is 0 Å². The molecule has 0 bridgehead atoms. The first-order chi connectivity index (χ1) is 12.1. The van der Waals surface area contributed by atoms with Crippen LogP contribution in [0.3, 0.4) is 0 Å². The van der Waals surface area contributed by atoms with E-state index in [4.69, 9.17) is 0 Å². The molecule has 0 radical (unpaired) electrons. The van der Waals surface area contributed by atoms with Gasteiger partial charge in [-0.25, -0.2) is 0 Å². The van der Waals surface area contributed by atoms with Crippen molar-refractivity contribution in [3.8, 4) is 0 Å². The molecule has 3 heterocycles. The Kier molecular flexibility index (Phi) is 4.52. The van der Waals surface area contributed by atoms with Crippen molar-refractivity contribution < 1.29 is 4.79 Å². The molecule has 2 aliphatic heterocycles. The van der Waals surface area contributed by atoms with Crippen LogP contribution >= 0.6 is 0 Å². The molecule has 1 amide bonds. The summed E-state index contributed by atoms with van der Waals surface area (Å²) in [7, 11) is 2.17. The second-order valence-electron chi connectivity index (χ2n) is 7.55. The molecule has 25 heavy (non-hydrogen) atoms. The van der Waals surface area contributed by atoms with Crippen molar-refractivity contribution >= 4 is 16.8 Å². The van der Waals surface area contributed by atoms with Gasteiger partial charge in [0.1, 0.15) is 0 Å². The fourth-order valence-electron chi connectivity index (χ4n) is 4.14. The van der Waals surface area contributed by atoms with Gasteiger partial charge < -0.3 is 14.4 Å². The van der Waals surface area contributed by atoms with Crippen molar-refractivity contribution in [1.82, 2.24) is 19.3 Å². The van der Waals surface area contributed by atoms with Crippen LogP contribution in [0.5, 0.6) is 0 Å². The van der Waals surface area contributed by atoms with E-state index in [1.165, 1.54) is 16.6 Å². The van der Waals surface area contributed by atoms with Crippen LogP contribution in [0.2, 0.25) is 0 Å². The van der Waals surface area contributed by atoms with Gasteiger partial charge in [0.05, 0.1) is 6.54 Å². The van der Waals surface area contributed by atoms with Crippen molar-refractivity contribution in [2.75, 3.05) is 39.8 Å². The summed E-state index contributed by atoms with van der Waals surface area (Å²) in [6.07, 6.45) is 0.629. The van der Waals surface area contributed by atoms with E-state index in [1.54, 1.807) is 0 Å². The minimum absolute atomic E-state index is 0.294. The monoisotopic (exact) mass is 340 g/mol. The van der Waals surface area contributed by atoms with E-state index in [1.807, 2.05) is 4.90 Å². The van der Waals surface area contributed by atoms with E-state index in [-0.39, 0.29) is 0 Å². The van der Waals surface area contributed by atoms with E-state index < -0.39 is 0 Å². The van der Waals surface area contributed by atoms with Gasteiger partial charge in [-0.3, -0.25) is 9.69 Å². The number of carbonyl (C=O) groups excluding carboxylic acids is 1. The second-order valence-corrected chi connectivity index (χ2v) is 7.55. The maximum atomic E-state index is 12.8. The van der Waals surface area contributed by atoms with E-state index in [2.05, 4.69) is 58.7 Å². The van der Waals surface area contributed by atoms with Crippen LogP contribution in [0, 0.1) is 0 Å².